The van der Waals surface area contributed by atoms with Gasteiger partial charge in [0.25, 0.3) is 0 Å². The Morgan fingerprint density at radius 3 is 1.23 bits per heavy atom. The van der Waals surface area contributed by atoms with Crippen LogP contribution in [0.2, 0.25) is 0 Å². The number of hydrogen-bond donors (Lipinski definition) is 0. The molecule has 4 nitrogen and oxygen atoms in total. The normalized spacial score (nSPS) is 13.0. The largest absolute Gasteiger partial charge is 0.493 e. The van der Waals surface area contributed by atoms with Gasteiger partial charge in [0.1, 0.15) is 0 Å². The predicted octanol–water partition coefficient (Wildman–Crippen LogP) is 4.78. The first kappa shape index (κ1) is 20.0. The molecule has 26 heavy (non-hydrogen) atoms. The molecule has 0 N–H and O–H groups in total. The van der Waals surface area contributed by atoms with Crippen molar-refractivity contribution < 1.29 is 18.9 Å². The van der Waals surface area contributed by atoms with Crippen molar-refractivity contribution in [3.63, 3.8) is 0 Å². The van der Waals surface area contributed by atoms with Gasteiger partial charge in [-0.05, 0) is 60.1 Å². The van der Waals surface area contributed by atoms with Gasteiger partial charge in [0.15, 0.2) is 23.0 Å². The highest BCUT2D eigenvalue weighted by molar-refractivity contribution is 5.44. The fourth-order valence-corrected chi connectivity index (χ4v) is 3.16. The first-order valence-corrected chi connectivity index (χ1v) is 8.94. The monoisotopic (exact) mass is 358 g/mol. The Morgan fingerprint density at radius 1 is 0.577 bits per heavy atom. The van der Waals surface area contributed by atoms with Gasteiger partial charge < -0.3 is 18.9 Å². The van der Waals surface area contributed by atoms with Gasteiger partial charge in [-0.2, -0.15) is 0 Å². The predicted molar refractivity (Wildman–Crippen MR) is 105 cm³/mol. The molecule has 0 fully saturated rings. The molecule has 0 saturated carbocycles. The van der Waals surface area contributed by atoms with E-state index in [1.807, 2.05) is 12.1 Å². The summed E-state index contributed by atoms with van der Waals surface area (Å²) in [6.07, 6.45) is 1.99. The SMILES string of the molecule is COc1ccc(CC(C)C(C)Cc2ccc(OC)c(OC)c2)cc1OC. The highest BCUT2D eigenvalue weighted by Crippen LogP contribution is 2.32. The van der Waals surface area contributed by atoms with Crippen molar-refractivity contribution in [3.05, 3.63) is 47.5 Å². The highest BCUT2D eigenvalue weighted by Gasteiger charge is 2.16. The van der Waals surface area contributed by atoms with Crippen molar-refractivity contribution in [2.24, 2.45) is 11.8 Å². The van der Waals surface area contributed by atoms with Crippen LogP contribution in [-0.4, -0.2) is 28.4 Å². The van der Waals surface area contributed by atoms with Crippen molar-refractivity contribution in [2.75, 3.05) is 28.4 Å². The van der Waals surface area contributed by atoms with E-state index in [0.717, 1.165) is 35.8 Å². The summed E-state index contributed by atoms with van der Waals surface area (Å²) in [6, 6.07) is 12.3. The van der Waals surface area contributed by atoms with Crippen LogP contribution in [0.1, 0.15) is 25.0 Å². The van der Waals surface area contributed by atoms with E-state index < -0.39 is 0 Å². The molecule has 142 valence electrons. The second-order valence-corrected chi connectivity index (χ2v) is 6.74. The maximum absolute atomic E-state index is 5.41. The van der Waals surface area contributed by atoms with Gasteiger partial charge in [-0.1, -0.05) is 26.0 Å². The zero-order valence-electron chi connectivity index (χ0n) is 16.7. The fraction of sp³-hybridized carbons (Fsp3) is 0.455. The Hall–Kier alpha value is -2.36. The molecule has 2 atom stereocenters. The summed E-state index contributed by atoms with van der Waals surface area (Å²) in [7, 11) is 6.66. The lowest BCUT2D eigenvalue weighted by molar-refractivity contribution is 0.350. The molecule has 0 heterocycles. The number of rotatable bonds is 9. The second-order valence-electron chi connectivity index (χ2n) is 6.74. The summed E-state index contributed by atoms with van der Waals surface area (Å²) in [4.78, 5) is 0. The third kappa shape index (κ3) is 4.84. The second kappa shape index (κ2) is 9.37. The van der Waals surface area contributed by atoms with Crippen LogP contribution in [0.4, 0.5) is 0 Å². The molecule has 2 rings (SSSR count). The molecule has 0 saturated heterocycles. The standard InChI is InChI=1S/C22H30O4/c1-15(11-17-7-9-19(23-3)21(13-17)25-5)16(2)12-18-8-10-20(24-4)22(14-18)26-6/h7-10,13-16H,11-12H2,1-6H3. The summed E-state index contributed by atoms with van der Waals surface area (Å²) >= 11 is 0. The van der Waals surface area contributed by atoms with Crippen LogP contribution in [0.5, 0.6) is 23.0 Å². The van der Waals surface area contributed by atoms with E-state index in [9.17, 15) is 0 Å². The van der Waals surface area contributed by atoms with Gasteiger partial charge in [0, 0.05) is 0 Å². The van der Waals surface area contributed by atoms with Crippen LogP contribution in [0, 0.1) is 11.8 Å². The van der Waals surface area contributed by atoms with Crippen LogP contribution in [0.25, 0.3) is 0 Å². The third-order valence-corrected chi connectivity index (χ3v) is 4.98. The molecule has 0 spiro atoms. The highest BCUT2D eigenvalue weighted by atomic mass is 16.5. The topological polar surface area (TPSA) is 36.9 Å². The smallest absolute Gasteiger partial charge is 0.160 e. The first-order valence-electron chi connectivity index (χ1n) is 8.94. The lowest BCUT2D eigenvalue weighted by Gasteiger charge is -2.21. The van der Waals surface area contributed by atoms with E-state index in [1.54, 1.807) is 28.4 Å². The molecule has 0 bridgehead atoms. The van der Waals surface area contributed by atoms with Crippen LogP contribution >= 0.6 is 0 Å². The number of methoxy groups -OCH3 is 4. The van der Waals surface area contributed by atoms with Gasteiger partial charge in [0.2, 0.25) is 0 Å². The molecule has 2 aromatic rings. The zero-order chi connectivity index (χ0) is 19.1. The van der Waals surface area contributed by atoms with Crippen molar-refractivity contribution in [3.8, 4) is 23.0 Å². The molecule has 0 aromatic heterocycles. The maximum atomic E-state index is 5.41. The molecule has 4 heteroatoms. The Labute approximate surface area is 157 Å². The molecule has 0 aliphatic carbocycles. The van der Waals surface area contributed by atoms with Crippen LogP contribution < -0.4 is 18.9 Å². The van der Waals surface area contributed by atoms with Crippen LogP contribution in [0.3, 0.4) is 0 Å². The quantitative estimate of drug-likeness (QED) is 0.646. The van der Waals surface area contributed by atoms with Gasteiger partial charge in [0.05, 0.1) is 28.4 Å². The van der Waals surface area contributed by atoms with Crippen molar-refractivity contribution in [1.82, 2.24) is 0 Å². The summed E-state index contributed by atoms with van der Waals surface area (Å²) in [6.45, 7) is 4.59. The zero-order valence-corrected chi connectivity index (χ0v) is 16.7. The molecule has 0 radical (unpaired) electrons. The lowest BCUT2D eigenvalue weighted by atomic mass is 9.85. The minimum absolute atomic E-state index is 0.529. The molecular formula is C22H30O4. The van der Waals surface area contributed by atoms with E-state index in [4.69, 9.17) is 18.9 Å². The minimum Gasteiger partial charge on any atom is -0.493 e. The fourth-order valence-electron chi connectivity index (χ4n) is 3.16. The average molecular weight is 358 g/mol. The molecular weight excluding hydrogens is 328 g/mol. The average Bonchev–Trinajstić information content (AvgIpc) is 2.67. The first-order chi connectivity index (χ1) is 12.5. The van der Waals surface area contributed by atoms with E-state index in [2.05, 4.69) is 38.1 Å². The Bertz CT molecular complexity index is 650. The van der Waals surface area contributed by atoms with Crippen LogP contribution in [0.15, 0.2) is 36.4 Å². The van der Waals surface area contributed by atoms with Gasteiger partial charge in [-0.25, -0.2) is 0 Å². The van der Waals surface area contributed by atoms with Gasteiger partial charge >= 0.3 is 0 Å². The van der Waals surface area contributed by atoms with Gasteiger partial charge in [-0.3, -0.25) is 0 Å². The minimum atomic E-state index is 0.529. The van der Waals surface area contributed by atoms with Gasteiger partial charge in [-0.15, -0.1) is 0 Å². The Balaban J connectivity index is 2.04. The molecule has 0 amide bonds. The van der Waals surface area contributed by atoms with Crippen molar-refractivity contribution >= 4 is 0 Å². The van der Waals surface area contributed by atoms with E-state index >= 15 is 0 Å². The summed E-state index contributed by atoms with van der Waals surface area (Å²) in [5.41, 5.74) is 2.52. The Kier molecular flexibility index (Phi) is 7.19. The van der Waals surface area contributed by atoms with E-state index in [-0.39, 0.29) is 0 Å². The number of hydrogen-bond acceptors (Lipinski definition) is 4. The molecule has 0 aliphatic heterocycles. The van der Waals surface area contributed by atoms with E-state index in [1.165, 1.54) is 11.1 Å². The maximum Gasteiger partial charge on any atom is 0.160 e. The summed E-state index contributed by atoms with van der Waals surface area (Å²) in [5, 5.41) is 0. The van der Waals surface area contributed by atoms with E-state index in [0.29, 0.717) is 11.8 Å². The summed E-state index contributed by atoms with van der Waals surface area (Å²) in [5.74, 6) is 4.15. The number of ether oxygens (including phenoxy) is 4. The third-order valence-electron chi connectivity index (χ3n) is 4.98. The Morgan fingerprint density at radius 2 is 0.923 bits per heavy atom. The number of benzene rings is 2. The molecule has 0 aliphatic rings. The van der Waals surface area contributed by atoms with Crippen molar-refractivity contribution in [1.29, 1.82) is 0 Å². The lowest BCUT2D eigenvalue weighted by Crippen LogP contribution is -2.14. The molecule has 2 unspecified atom stereocenters. The van der Waals surface area contributed by atoms with Crippen LogP contribution in [-0.2, 0) is 12.8 Å². The van der Waals surface area contributed by atoms with Crippen molar-refractivity contribution in [2.45, 2.75) is 26.7 Å². The summed E-state index contributed by atoms with van der Waals surface area (Å²) < 4.78 is 21.5. The molecule has 2 aromatic carbocycles.